The van der Waals surface area contributed by atoms with Crippen molar-refractivity contribution in [2.75, 3.05) is 0 Å². The molecule has 1 N–H and O–H groups in total. The molecule has 0 radical (unpaired) electrons. The van der Waals surface area contributed by atoms with Gasteiger partial charge in [0.25, 0.3) is 0 Å². The van der Waals surface area contributed by atoms with Gasteiger partial charge >= 0.3 is 12.1 Å². The first-order chi connectivity index (χ1) is 16.4. The van der Waals surface area contributed by atoms with Crippen molar-refractivity contribution in [2.45, 2.75) is 76.0 Å². The smallest absolute Gasteiger partial charge is 0.383 e. The number of terminal acetylenes is 1. The highest BCUT2D eigenvalue weighted by Crippen LogP contribution is 2.70. The van der Waals surface area contributed by atoms with Crippen molar-refractivity contribution >= 4 is 11.4 Å². The fourth-order valence-electron chi connectivity index (χ4n) is 8.03. The van der Waals surface area contributed by atoms with E-state index >= 15 is 0 Å². The van der Waals surface area contributed by atoms with Gasteiger partial charge in [-0.1, -0.05) is 36.6 Å². The molecule has 5 rings (SSSR count). The second-order valence-corrected chi connectivity index (χ2v) is 11.1. The van der Waals surface area contributed by atoms with Crippen molar-refractivity contribution in [2.24, 2.45) is 29.1 Å². The highest BCUT2D eigenvalue weighted by Gasteiger charge is 2.78. The summed E-state index contributed by atoms with van der Waals surface area (Å²) in [6.07, 6.45) is 2.20. The molecule has 3 saturated carbocycles. The molecule has 4 aliphatic carbocycles. The molecule has 3 fully saturated rings. The van der Waals surface area contributed by atoms with Crippen molar-refractivity contribution in [3.05, 3.63) is 41.0 Å². The van der Waals surface area contributed by atoms with Gasteiger partial charge in [0.2, 0.25) is 0 Å². The zero-order valence-electron chi connectivity index (χ0n) is 19.6. The van der Waals surface area contributed by atoms with Crippen molar-refractivity contribution in [3.8, 4) is 12.3 Å². The number of Topliss-reactive ketones (excluding diaryl/α,β-unsaturated/α-hetero) is 1. The number of hydrogen-bond donors (Lipinski definition) is 1. The second-order valence-electron chi connectivity index (χ2n) is 11.1. The van der Waals surface area contributed by atoms with Gasteiger partial charge in [-0.3, -0.25) is 4.79 Å². The SMILES string of the molecule is C#Cc1ccccc1C1=C2C3CCC(=O)CC3CCC2C2CCC(O)(C(F)(F)C(F)(F)F)C2(C)C1. The predicted molar refractivity (Wildman–Crippen MR) is 121 cm³/mol. The highest BCUT2D eigenvalue weighted by molar-refractivity contribution is 5.81. The predicted octanol–water partition coefficient (Wildman–Crippen LogP) is 6.57. The molecule has 1 aromatic carbocycles. The van der Waals surface area contributed by atoms with E-state index in [0.717, 1.165) is 12.0 Å². The Morgan fingerprint density at radius 3 is 2.46 bits per heavy atom. The van der Waals surface area contributed by atoms with E-state index in [1.165, 1.54) is 6.92 Å². The fraction of sp³-hybridized carbons (Fsp3) is 0.607. The Labute approximate surface area is 202 Å². The van der Waals surface area contributed by atoms with Gasteiger partial charge < -0.3 is 5.11 Å². The summed E-state index contributed by atoms with van der Waals surface area (Å²) < 4.78 is 70.8. The molecule has 0 saturated heterocycles. The van der Waals surface area contributed by atoms with Gasteiger partial charge in [-0.2, -0.15) is 22.0 Å². The molecular formula is C28H29F5O2. The number of hydrogen-bond acceptors (Lipinski definition) is 2. The Bertz CT molecular complexity index is 1130. The average molecular weight is 493 g/mol. The third kappa shape index (κ3) is 3.28. The standard InChI is InChI=1S/C28H29F5O2/c1-3-16-6-4-5-7-19(16)22-15-25(2)23(12-13-26(25,35)27(29,30)28(31,32)33)21-10-8-17-14-18(34)9-11-20(17)24(21)22/h1,4-7,17,20-21,23,35H,8-15H2,2H3. The minimum absolute atomic E-state index is 0.0775. The Balaban J connectivity index is 1.72. The van der Waals surface area contributed by atoms with Crippen LogP contribution < -0.4 is 0 Å². The number of carbonyl (C=O) groups is 1. The van der Waals surface area contributed by atoms with Gasteiger partial charge in [0, 0.05) is 23.8 Å². The first-order valence-electron chi connectivity index (χ1n) is 12.3. The van der Waals surface area contributed by atoms with Gasteiger partial charge in [0.1, 0.15) is 11.4 Å². The van der Waals surface area contributed by atoms with Crippen LogP contribution in [0, 0.1) is 41.4 Å². The zero-order chi connectivity index (χ0) is 25.4. The van der Waals surface area contributed by atoms with Crippen molar-refractivity contribution in [1.82, 2.24) is 0 Å². The van der Waals surface area contributed by atoms with Crippen LogP contribution >= 0.6 is 0 Å². The monoisotopic (exact) mass is 492 g/mol. The Kier molecular flexibility index (Phi) is 5.53. The van der Waals surface area contributed by atoms with Crippen LogP contribution in [0.5, 0.6) is 0 Å². The van der Waals surface area contributed by atoms with Crippen LogP contribution in [0.3, 0.4) is 0 Å². The number of fused-ring (bicyclic) bond motifs is 5. The quantitative estimate of drug-likeness (QED) is 0.375. The molecule has 0 aliphatic heterocycles. The molecule has 4 aliphatic rings. The summed E-state index contributed by atoms with van der Waals surface area (Å²) in [5.74, 6) is -2.89. The lowest BCUT2D eigenvalue weighted by Gasteiger charge is -2.56. The lowest BCUT2D eigenvalue weighted by molar-refractivity contribution is -0.360. The number of rotatable bonds is 2. The molecule has 6 atom stereocenters. The van der Waals surface area contributed by atoms with E-state index < -0.39 is 35.5 Å². The van der Waals surface area contributed by atoms with Gasteiger partial charge in [0.05, 0.1) is 0 Å². The minimum Gasteiger partial charge on any atom is -0.383 e. The molecule has 188 valence electrons. The molecule has 6 unspecified atom stereocenters. The maximum absolute atomic E-state index is 15.0. The van der Waals surface area contributed by atoms with E-state index in [0.29, 0.717) is 42.4 Å². The molecule has 0 heterocycles. The van der Waals surface area contributed by atoms with E-state index in [-0.39, 0.29) is 36.4 Å². The van der Waals surface area contributed by atoms with Gasteiger partial charge in [0.15, 0.2) is 0 Å². The Hall–Kier alpha value is -2.20. The number of allylic oxidation sites excluding steroid dienone is 2. The first kappa shape index (κ1) is 24.5. The number of aliphatic hydroxyl groups is 1. The summed E-state index contributed by atoms with van der Waals surface area (Å²) in [7, 11) is 0. The molecular weight excluding hydrogens is 463 g/mol. The van der Waals surface area contributed by atoms with Crippen molar-refractivity contribution in [3.63, 3.8) is 0 Å². The van der Waals surface area contributed by atoms with Crippen LogP contribution in [0.15, 0.2) is 29.8 Å². The van der Waals surface area contributed by atoms with Crippen LogP contribution in [-0.4, -0.2) is 28.6 Å². The molecule has 0 amide bonds. The summed E-state index contributed by atoms with van der Waals surface area (Å²) in [5.41, 5.74) is -1.91. The minimum atomic E-state index is -5.86. The van der Waals surface area contributed by atoms with Crippen LogP contribution in [0.1, 0.15) is 69.4 Å². The average Bonchev–Trinajstić information content (AvgIpc) is 3.09. The number of alkyl halides is 5. The van der Waals surface area contributed by atoms with Crippen molar-refractivity contribution < 1.29 is 31.9 Å². The Morgan fingerprint density at radius 1 is 1.06 bits per heavy atom. The second kappa shape index (κ2) is 7.90. The molecule has 2 nitrogen and oxygen atoms in total. The van der Waals surface area contributed by atoms with Crippen LogP contribution in [0.2, 0.25) is 0 Å². The maximum atomic E-state index is 15.0. The third-order valence-electron chi connectivity index (χ3n) is 9.68. The third-order valence-corrected chi connectivity index (χ3v) is 9.68. The number of carbonyl (C=O) groups excluding carboxylic acids is 1. The van der Waals surface area contributed by atoms with Gasteiger partial charge in [-0.05, 0) is 79.4 Å². The molecule has 1 aromatic rings. The summed E-state index contributed by atoms with van der Waals surface area (Å²) in [5, 5.41) is 11.3. The molecule has 0 aromatic heterocycles. The Morgan fingerprint density at radius 2 is 1.77 bits per heavy atom. The molecule has 0 spiro atoms. The zero-order valence-corrected chi connectivity index (χ0v) is 19.6. The topological polar surface area (TPSA) is 37.3 Å². The lowest BCUT2D eigenvalue weighted by atomic mass is 9.50. The highest BCUT2D eigenvalue weighted by atomic mass is 19.4. The van der Waals surface area contributed by atoms with Crippen LogP contribution in [-0.2, 0) is 4.79 Å². The summed E-state index contributed by atoms with van der Waals surface area (Å²) in [6.45, 7) is 1.41. The summed E-state index contributed by atoms with van der Waals surface area (Å²) >= 11 is 0. The molecule has 35 heavy (non-hydrogen) atoms. The fourth-order valence-corrected chi connectivity index (χ4v) is 8.03. The largest absolute Gasteiger partial charge is 0.456 e. The van der Waals surface area contributed by atoms with E-state index in [2.05, 4.69) is 5.92 Å². The first-order valence-corrected chi connectivity index (χ1v) is 12.3. The normalized spacial score (nSPS) is 37.4. The number of halogens is 5. The van der Waals surface area contributed by atoms with E-state index in [4.69, 9.17) is 6.42 Å². The number of benzene rings is 1. The summed E-state index contributed by atoms with van der Waals surface area (Å²) in [4.78, 5) is 12.2. The molecule has 0 bridgehead atoms. The summed E-state index contributed by atoms with van der Waals surface area (Å²) in [6, 6.07) is 7.08. The van der Waals surface area contributed by atoms with Gasteiger partial charge in [-0.25, -0.2) is 0 Å². The number of ketones is 1. The van der Waals surface area contributed by atoms with Gasteiger partial charge in [-0.15, -0.1) is 6.42 Å². The van der Waals surface area contributed by atoms with E-state index in [1.54, 1.807) is 24.3 Å². The van der Waals surface area contributed by atoms with Crippen molar-refractivity contribution in [1.29, 1.82) is 0 Å². The lowest BCUT2D eigenvalue weighted by Crippen LogP contribution is -2.64. The van der Waals surface area contributed by atoms with Crippen LogP contribution in [0.25, 0.3) is 5.57 Å². The van der Waals surface area contributed by atoms with E-state index in [9.17, 15) is 31.9 Å². The maximum Gasteiger partial charge on any atom is 0.456 e. The van der Waals surface area contributed by atoms with E-state index in [1.807, 2.05) is 0 Å². The molecule has 7 heteroatoms. The van der Waals surface area contributed by atoms with Crippen LogP contribution in [0.4, 0.5) is 22.0 Å².